The van der Waals surface area contributed by atoms with Gasteiger partial charge < -0.3 is 5.73 Å². The minimum atomic E-state index is 0.975. The highest BCUT2D eigenvalue weighted by Crippen LogP contribution is 2.22. The van der Waals surface area contributed by atoms with Gasteiger partial charge in [-0.05, 0) is 61.3 Å². The van der Waals surface area contributed by atoms with Crippen LogP contribution in [0.1, 0.15) is 5.56 Å². The largest absolute Gasteiger partial charge is 0.404 e. The molecule has 26 heavy (non-hydrogen) atoms. The predicted molar refractivity (Wildman–Crippen MR) is 117 cm³/mol. The Bertz CT molecular complexity index is 1250. The molecule has 0 bridgehead atoms. The van der Waals surface area contributed by atoms with Gasteiger partial charge in [-0.1, -0.05) is 83.2 Å². The average molecular weight is 400 g/mol. The Kier molecular flexibility index (Phi) is 4.36. The van der Waals surface area contributed by atoms with Crippen molar-refractivity contribution in [3.8, 4) is 0 Å². The summed E-state index contributed by atoms with van der Waals surface area (Å²) in [5.41, 5.74) is 8.02. The van der Waals surface area contributed by atoms with Crippen LogP contribution in [0.3, 0.4) is 0 Å². The summed E-state index contributed by atoms with van der Waals surface area (Å²) in [6, 6.07) is 25.1. The van der Waals surface area contributed by atoms with Crippen LogP contribution in [0.2, 0.25) is 0 Å². The molecule has 0 heterocycles. The quantitative estimate of drug-likeness (QED) is 0.474. The summed E-state index contributed by atoms with van der Waals surface area (Å²) in [5, 5.41) is 6.95. The zero-order chi connectivity index (χ0) is 18.1. The summed E-state index contributed by atoms with van der Waals surface area (Å²) in [4.78, 5) is 0. The van der Waals surface area contributed by atoms with Crippen LogP contribution in [-0.4, -0.2) is 0 Å². The standard InChI is InChI=1S/C24H18BrN/c1-16-20-6-2-3-7-21(20)22-8-4-5-9-23(22)24(16)14-18(15-26)17-10-12-19(25)13-11-17/h2-15H,1,26H2/b18-15+,24-14+. The third-order valence-corrected chi connectivity index (χ3v) is 5.27. The fraction of sp³-hybridized carbons (Fsp3) is 0. The van der Waals surface area contributed by atoms with Crippen LogP contribution in [0.25, 0.3) is 39.8 Å². The second-order valence-electron chi connectivity index (χ2n) is 6.26. The Morgan fingerprint density at radius 1 is 0.769 bits per heavy atom. The van der Waals surface area contributed by atoms with E-state index in [9.17, 15) is 0 Å². The first-order valence-corrected chi connectivity index (χ1v) is 9.26. The number of halogens is 1. The number of nitrogens with two attached hydrogens (primary N) is 1. The molecule has 0 amide bonds. The van der Waals surface area contributed by atoms with E-state index < -0.39 is 0 Å². The minimum absolute atomic E-state index is 0.975. The lowest BCUT2D eigenvalue weighted by atomic mass is 9.96. The van der Waals surface area contributed by atoms with Crippen molar-refractivity contribution in [1.29, 1.82) is 0 Å². The summed E-state index contributed by atoms with van der Waals surface area (Å²) < 4.78 is 1.05. The third-order valence-electron chi connectivity index (χ3n) is 4.74. The summed E-state index contributed by atoms with van der Waals surface area (Å²) in [7, 11) is 0. The molecule has 0 aliphatic rings. The second kappa shape index (κ2) is 6.81. The second-order valence-corrected chi connectivity index (χ2v) is 7.17. The first kappa shape index (κ1) is 16.6. The van der Waals surface area contributed by atoms with E-state index in [-0.39, 0.29) is 0 Å². The van der Waals surface area contributed by atoms with Gasteiger partial charge in [-0.15, -0.1) is 0 Å². The van der Waals surface area contributed by atoms with E-state index in [0.717, 1.165) is 26.0 Å². The first-order chi connectivity index (χ1) is 12.7. The molecular formula is C24H18BrN. The number of hydrogen-bond acceptors (Lipinski definition) is 1. The Hall–Kier alpha value is -2.84. The summed E-state index contributed by atoms with van der Waals surface area (Å²) >= 11 is 3.48. The molecule has 4 rings (SSSR count). The number of benzene rings is 4. The molecule has 0 spiro atoms. The molecule has 0 fully saturated rings. The zero-order valence-electron chi connectivity index (χ0n) is 14.2. The lowest BCUT2D eigenvalue weighted by Crippen LogP contribution is -2.25. The van der Waals surface area contributed by atoms with Crippen molar-refractivity contribution in [3.63, 3.8) is 0 Å². The molecule has 4 aromatic carbocycles. The predicted octanol–water partition coefficient (Wildman–Crippen LogP) is 4.95. The van der Waals surface area contributed by atoms with Crippen LogP contribution < -0.4 is 16.2 Å². The van der Waals surface area contributed by atoms with Gasteiger partial charge in [-0.2, -0.15) is 0 Å². The fourth-order valence-corrected chi connectivity index (χ4v) is 3.70. The molecule has 0 saturated heterocycles. The number of hydrogen-bond donors (Lipinski definition) is 1. The molecule has 0 aromatic heterocycles. The lowest BCUT2D eigenvalue weighted by molar-refractivity contribution is 1.54. The molecular weight excluding hydrogens is 382 g/mol. The maximum absolute atomic E-state index is 5.97. The van der Waals surface area contributed by atoms with Crippen molar-refractivity contribution in [1.82, 2.24) is 0 Å². The van der Waals surface area contributed by atoms with Crippen molar-refractivity contribution < 1.29 is 0 Å². The van der Waals surface area contributed by atoms with E-state index in [1.165, 1.54) is 21.5 Å². The number of allylic oxidation sites excluding steroid dienone is 1. The summed E-state index contributed by atoms with van der Waals surface area (Å²) in [5.74, 6) is 0. The molecule has 4 aromatic rings. The first-order valence-electron chi connectivity index (χ1n) is 8.47. The Labute approximate surface area is 160 Å². The van der Waals surface area contributed by atoms with Gasteiger partial charge in [0.05, 0.1) is 0 Å². The molecule has 2 N–H and O–H groups in total. The molecule has 0 atom stereocenters. The van der Waals surface area contributed by atoms with E-state index in [0.29, 0.717) is 0 Å². The number of fused-ring (bicyclic) bond motifs is 3. The fourth-order valence-electron chi connectivity index (χ4n) is 3.43. The summed E-state index contributed by atoms with van der Waals surface area (Å²) in [6.45, 7) is 4.39. The van der Waals surface area contributed by atoms with Crippen molar-refractivity contribution in [2.45, 2.75) is 0 Å². The van der Waals surface area contributed by atoms with Crippen LogP contribution in [0.4, 0.5) is 0 Å². The average Bonchev–Trinajstić information content (AvgIpc) is 2.69. The highest BCUT2D eigenvalue weighted by molar-refractivity contribution is 9.10. The normalized spacial score (nSPS) is 12.8. The van der Waals surface area contributed by atoms with Crippen LogP contribution in [0.15, 0.2) is 83.5 Å². The molecule has 2 heteroatoms. The van der Waals surface area contributed by atoms with Gasteiger partial charge in [0, 0.05) is 10.7 Å². The van der Waals surface area contributed by atoms with Crippen LogP contribution >= 0.6 is 15.9 Å². The van der Waals surface area contributed by atoms with Gasteiger partial charge in [0.1, 0.15) is 0 Å². The zero-order valence-corrected chi connectivity index (χ0v) is 15.8. The highest BCUT2D eigenvalue weighted by atomic mass is 79.9. The van der Waals surface area contributed by atoms with Gasteiger partial charge in [0.25, 0.3) is 0 Å². The molecule has 0 unspecified atom stereocenters. The van der Waals surface area contributed by atoms with Gasteiger partial charge in [0.15, 0.2) is 0 Å². The monoisotopic (exact) mass is 399 g/mol. The van der Waals surface area contributed by atoms with Gasteiger partial charge in [-0.25, -0.2) is 0 Å². The lowest BCUT2D eigenvalue weighted by Gasteiger charge is -2.08. The van der Waals surface area contributed by atoms with Crippen LogP contribution in [0.5, 0.6) is 0 Å². The van der Waals surface area contributed by atoms with Gasteiger partial charge in [0.2, 0.25) is 0 Å². The van der Waals surface area contributed by atoms with Gasteiger partial charge >= 0.3 is 0 Å². The molecule has 0 aliphatic carbocycles. The molecule has 1 nitrogen and oxygen atoms in total. The van der Waals surface area contributed by atoms with E-state index in [2.05, 4.69) is 89.2 Å². The van der Waals surface area contributed by atoms with E-state index in [4.69, 9.17) is 5.73 Å². The number of rotatable bonds is 2. The van der Waals surface area contributed by atoms with E-state index >= 15 is 0 Å². The summed E-state index contributed by atoms with van der Waals surface area (Å²) in [6.07, 6.45) is 3.80. The Morgan fingerprint density at radius 3 is 1.92 bits per heavy atom. The molecule has 0 radical (unpaired) electrons. The third kappa shape index (κ3) is 2.83. The van der Waals surface area contributed by atoms with E-state index in [1.54, 1.807) is 6.20 Å². The maximum atomic E-state index is 5.97. The van der Waals surface area contributed by atoms with Crippen LogP contribution in [-0.2, 0) is 0 Å². The van der Waals surface area contributed by atoms with Crippen molar-refractivity contribution in [3.05, 3.63) is 99.5 Å². The Morgan fingerprint density at radius 2 is 1.31 bits per heavy atom. The van der Waals surface area contributed by atoms with Crippen molar-refractivity contribution in [2.24, 2.45) is 5.73 Å². The molecule has 0 aliphatic heterocycles. The smallest absolute Gasteiger partial charge is 0.0175 e. The maximum Gasteiger partial charge on any atom is 0.0175 e. The topological polar surface area (TPSA) is 26.0 Å². The minimum Gasteiger partial charge on any atom is -0.404 e. The van der Waals surface area contributed by atoms with Crippen molar-refractivity contribution >= 4 is 55.7 Å². The highest BCUT2D eigenvalue weighted by Gasteiger charge is 2.05. The van der Waals surface area contributed by atoms with Gasteiger partial charge in [-0.3, -0.25) is 0 Å². The molecule has 126 valence electrons. The SMILES string of the molecule is C=c1/c(=C\C(=C/N)c2ccc(Br)cc2)c2ccccc2c2ccccc12. The Balaban J connectivity index is 2.09. The van der Waals surface area contributed by atoms with Crippen molar-refractivity contribution in [2.75, 3.05) is 0 Å². The van der Waals surface area contributed by atoms with Crippen LogP contribution in [0, 0.1) is 0 Å². The molecule has 0 saturated carbocycles. The van der Waals surface area contributed by atoms with E-state index in [1.807, 2.05) is 12.1 Å².